The predicted octanol–water partition coefficient (Wildman–Crippen LogP) is 3.88. The molecule has 0 saturated heterocycles. The van der Waals surface area contributed by atoms with Gasteiger partial charge < -0.3 is 14.5 Å². The Morgan fingerprint density at radius 2 is 2.05 bits per heavy atom. The lowest BCUT2D eigenvalue weighted by molar-refractivity contribution is 0.0599. The van der Waals surface area contributed by atoms with Crippen molar-refractivity contribution in [1.82, 2.24) is 5.32 Å². The van der Waals surface area contributed by atoms with Crippen molar-refractivity contribution in [2.24, 2.45) is 0 Å². The molecule has 2 aromatic rings. The van der Waals surface area contributed by atoms with Gasteiger partial charge in [-0.3, -0.25) is 0 Å². The number of benzene rings is 1. The summed E-state index contributed by atoms with van der Waals surface area (Å²) in [6.07, 6.45) is 0. The highest BCUT2D eigenvalue weighted by atomic mass is 35.5. The first-order valence-corrected chi connectivity index (χ1v) is 7.05. The summed E-state index contributed by atoms with van der Waals surface area (Å²) in [5.74, 6) is 0.889. The molecule has 0 spiro atoms. The summed E-state index contributed by atoms with van der Waals surface area (Å²) in [6.45, 7) is 4.33. The van der Waals surface area contributed by atoms with E-state index in [0.717, 1.165) is 10.6 Å². The second kappa shape index (κ2) is 6.78. The van der Waals surface area contributed by atoms with Crippen LogP contribution in [0.3, 0.4) is 0 Å². The quantitative estimate of drug-likeness (QED) is 0.852. The molecule has 0 aliphatic heterocycles. The topological polar surface area (TPSA) is 51.5 Å². The normalized spacial score (nSPS) is 12.2. The van der Waals surface area contributed by atoms with Crippen LogP contribution in [0.5, 0.6) is 0 Å². The summed E-state index contributed by atoms with van der Waals surface area (Å²) in [5.41, 5.74) is 1.60. The van der Waals surface area contributed by atoms with E-state index in [1.807, 2.05) is 24.3 Å². The third kappa shape index (κ3) is 3.86. The molecule has 21 heavy (non-hydrogen) atoms. The van der Waals surface area contributed by atoms with E-state index in [0.29, 0.717) is 23.6 Å². The van der Waals surface area contributed by atoms with Crippen molar-refractivity contribution in [1.29, 1.82) is 0 Å². The summed E-state index contributed by atoms with van der Waals surface area (Å²) in [4.78, 5) is 11.5. The summed E-state index contributed by atoms with van der Waals surface area (Å²) in [6, 6.07) is 9.54. The van der Waals surface area contributed by atoms with E-state index in [4.69, 9.17) is 20.8 Å². The molecule has 5 heteroatoms. The Balaban J connectivity index is 1.99. The minimum absolute atomic E-state index is 0.147. The van der Waals surface area contributed by atoms with Crippen molar-refractivity contribution in [3.63, 3.8) is 0 Å². The van der Waals surface area contributed by atoms with Crippen LogP contribution < -0.4 is 5.32 Å². The van der Waals surface area contributed by atoms with Gasteiger partial charge in [0.25, 0.3) is 0 Å². The molecule has 0 aliphatic rings. The number of esters is 1. The molecule has 1 aromatic heterocycles. The van der Waals surface area contributed by atoms with Crippen LogP contribution in [-0.2, 0) is 11.3 Å². The van der Waals surface area contributed by atoms with Crippen molar-refractivity contribution in [3.8, 4) is 0 Å². The second-order valence-electron chi connectivity index (χ2n) is 4.83. The van der Waals surface area contributed by atoms with Crippen molar-refractivity contribution in [2.75, 3.05) is 7.11 Å². The summed E-state index contributed by atoms with van der Waals surface area (Å²) in [5, 5.41) is 4.06. The molecular weight excluding hydrogens is 290 g/mol. The van der Waals surface area contributed by atoms with Gasteiger partial charge in [-0.15, -0.1) is 0 Å². The van der Waals surface area contributed by atoms with Gasteiger partial charge in [-0.1, -0.05) is 23.7 Å². The Bertz CT molecular complexity index is 619. The molecule has 1 atom stereocenters. The average molecular weight is 308 g/mol. The van der Waals surface area contributed by atoms with Gasteiger partial charge >= 0.3 is 5.97 Å². The number of hydrogen-bond acceptors (Lipinski definition) is 4. The van der Waals surface area contributed by atoms with Crippen LogP contribution in [0.4, 0.5) is 0 Å². The zero-order valence-electron chi connectivity index (χ0n) is 12.3. The summed E-state index contributed by atoms with van der Waals surface area (Å²) in [7, 11) is 1.36. The number of carbonyl (C=O) groups is 1. The molecule has 1 aromatic carbocycles. The molecule has 0 aliphatic carbocycles. The Morgan fingerprint density at radius 3 is 2.67 bits per heavy atom. The number of carbonyl (C=O) groups excluding carboxylic acids is 1. The highest BCUT2D eigenvalue weighted by molar-refractivity contribution is 6.30. The van der Waals surface area contributed by atoms with Gasteiger partial charge in [0.15, 0.2) is 0 Å². The van der Waals surface area contributed by atoms with Crippen LogP contribution in [0, 0.1) is 6.92 Å². The minimum atomic E-state index is -0.381. The van der Waals surface area contributed by atoms with Crippen LogP contribution >= 0.6 is 11.6 Å². The molecule has 4 nitrogen and oxygen atoms in total. The van der Waals surface area contributed by atoms with Crippen LogP contribution in [0.15, 0.2) is 34.7 Å². The van der Waals surface area contributed by atoms with Gasteiger partial charge in [0.2, 0.25) is 0 Å². The molecule has 1 N–H and O–H groups in total. The first-order valence-electron chi connectivity index (χ1n) is 6.67. The lowest BCUT2D eigenvalue weighted by Crippen LogP contribution is -2.17. The van der Waals surface area contributed by atoms with Crippen LogP contribution in [0.25, 0.3) is 0 Å². The second-order valence-corrected chi connectivity index (χ2v) is 5.26. The standard InChI is InChI=1S/C16H18ClNO3/c1-10(12-4-6-13(17)7-5-12)18-9-14-8-15(11(2)21-14)16(19)20-3/h4-8,10,18H,9H2,1-3H3/t10-/m1/s1. The maximum atomic E-state index is 11.5. The van der Waals surface area contributed by atoms with Crippen molar-refractivity contribution in [2.45, 2.75) is 26.4 Å². The van der Waals surface area contributed by atoms with Gasteiger partial charge in [0.05, 0.1) is 13.7 Å². The number of hydrogen-bond donors (Lipinski definition) is 1. The minimum Gasteiger partial charge on any atom is -0.465 e. The van der Waals surface area contributed by atoms with E-state index >= 15 is 0 Å². The molecule has 2 rings (SSSR count). The molecule has 112 valence electrons. The van der Waals surface area contributed by atoms with Gasteiger partial charge in [-0.2, -0.15) is 0 Å². The lowest BCUT2D eigenvalue weighted by Gasteiger charge is -2.13. The Labute approximate surface area is 129 Å². The van der Waals surface area contributed by atoms with Crippen molar-refractivity contribution in [3.05, 3.63) is 58.0 Å². The third-order valence-corrected chi connectivity index (χ3v) is 3.58. The number of aryl methyl sites for hydroxylation is 1. The summed E-state index contributed by atoms with van der Waals surface area (Å²) < 4.78 is 10.3. The number of furan rings is 1. The van der Waals surface area contributed by atoms with E-state index in [1.165, 1.54) is 7.11 Å². The zero-order valence-corrected chi connectivity index (χ0v) is 13.0. The number of methoxy groups -OCH3 is 1. The Hall–Kier alpha value is -1.78. The largest absolute Gasteiger partial charge is 0.465 e. The van der Waals surface area contributed by atoms with Gasteiger partial charge in [-0.25, -0.2) is 4.79 Å². The Morgan fingerprint density at radius 1 is 1.38 bits per heavy atom. The SMILES string of the molecule is COC(=O)c1cc(CN[C@H](C)c2ccc(Cl)cc2)oc1C. The van der Waals surface area contributed by atoms with E-state index in [-0.39, 0.29) is 12.0 Å². The van der Waals surface area contributed by atoms with E-state index in [2.05, 4.69) is 12.2 Å². The highest BCUT2D eigenvalue weighted by Crippen LogP contribution is 2.19. The highest BCUT2D eigenvalue weighted by Gasteiger charge is 2.15. The molecule has 0 amide bonds. The zero-order chi connectivity index (χ0) is 15.4. The smallest absolute Gasteiger partial charge is 0.341 e. The molecule has 0 fully saturated rings. The van der Waals surface area contributed by atoms with Gasteiger partial charge in [0, 0.05) is 11.1 Å². The monoisotopic (exact) mass is 307 g/mol. The predicted molar refractivity (Wildman–Crippen MR) is 81.5 cm³/mol. The maximum Gasteiger partial charge on any atom is 0.341 e. The number of halogens is 1. The van der Waals surface area contributed by atoms with Crippen LogP contribution in [0.2, 0.25) is 5.02 Å². The summed E-state index contributed by atoms with van der Waals surface area (Å²) >= 11 is 5.87. The molecule has 0 saturated carbocycles. The average Bonchev–Trinajstić information content (AvgIpc) is 2.86. The molecule has 1 heterocycles. The fraction of sp³-hybridized carbons (Fsp3) is 0.312. The molecule has 0 bridgehead atoms. The number of ether oxygens (including phenoxy) is 1. The number of rotatable bonds is 5. The van der Waals surface area contributed by atoms with E-state index in [1.54, 1.807) is 13.0 Å². The van der Waals surface area contributed by atoms with Gasteiger partial charge in [-0.05, 0) is 37.6 Å². The van der Waals surface area contributed by atoms with Crippen molar-refractivity contribution >= 4 is 17.6 Å². The van der Waals surface area contributed by atoms with Crippen LogP contribution in [0.1, 0.15) is 40.4 Å². The van der Waals surface area contributed by atoms with Gasteiger partial charge in [0.1, 0.15) is 17.1 Å². The fourth-order valence-corrected chi connectivity index (χ4v) is 2.19. The lowest BCUT2D eigenvalue weighted by atomic mass is 10.1. The maximum absolute atomic E-state index is 11.5. The molecular formula is C16H18ClNO3. The molecule has 0 unspecified atom stereocenters. The van der Waals surface area contributed by atoms with E-state index in [9.17, 15) is 4.79 Å². The van der Waals surface area contributed by atoms with Crippen LogP contribution in [-0.4, -0.2) is 13.1 Å². The fourth-order valence-electron chi connectivity index (χ4n) is 2.07. The third-order valence-electron chi connectivity index (χ3n) is 3.33. The first-order chi connectivity index (χ1) is 10.0. The first kappa shape index (κ1) is 15.6. The Kier molecular flexibility index (Phi) is 5.04. The van der Waals surface area contributed by atoms with E-state index < -0.39 is 0 Å². The van der Waals surface area contributed by atoms with Crippen molar-refractivity contribution < 1.29 is 13.9 Å². The number of nitrogens with one attached hydrogen (secondary N) is 1. The molecule has 0 radical (unpaired) electrons.